The molecule has 0 radical (unpaired) electrons. The highest BCUT2D eigenvalue weighted by atomic mass is 79.9. The molecule has 0 amide bonds. The second-order valence-corrected chi connectivity index (χ2v) is 3.78. The Balaban J connectivity index is 2.95. The molecule has 0 unspecified atom stereocenters. The lowest BCUT2D eigenvalue weighted by molar-refractivity contribution is -0.139. The van der Waals surface area contributed by atoms with E-state index in [1.807, 2.05) is 0 Å². The molecular formula is C11H12BrF3O2. The fourth-order valence-corrected chi connectivity index (χ4v) is 1.54. The van der Waals surface area contributed by atoms with E-state index in [4.69, 9.17) is 9.47 Å². The monoisotopic (exact) mass is 312 g/mol. The van der Waals surface area contributed by atoms with Crippen molar-refractivity contribution in [3.63, 3.8) is 0 Å². The van der Waals surface area contributed by atoms with Crippen LogP contribution in [0.15, 0.2) is 18.2 Å². The molecule has 0 saturated carbocycles. The highest BCUT2D eigenvalue weighted by Gasteiger charge is 2.34. The maximum atomic E-state index is 12.7. The summed E-state index contributed by atoms with van der Waals surface area (Å²) >= 11 is 3.11. The molecule has 6 heteroatoms. The van der Waals surface area contributed by atoms with E-state index >= 15 is 0 Å². The highest BCUT2D eigenvalue weighted by molar-refractivity contribution is 9.08. The third-order valence-corrected chi connectivity index (χ3v) is 2.65. The summed E-state index contributed by atoms with van der Waals surface area (Å²) in [6, 6.07) is 3.94. The van der Waals surface area contributed by atoms with Gasteiger partial charge in [0.05, 0.1) is 5.56 Å². The SMILES string of the molecule is CCOCOc1ccc(CBr)cc1C(F)(F)F. The van der Waals surface area contributed by atoms with Gasteiger partial charge in [-0.3, -0.25) is 0 Å². The lowest BCUT2D eigenvalue weighted by Crippen LogP contribution is -2.11. The first-order valence-corrected chi connectivity index (χ1v) is 6.07. The number of hydrogen-bond acceptors (Lipinski definition) is 2. The minimum atomic E-state index is -4.43. The van der Waals surface area contributed by atoms with Gasteiger partial charge in [-0.25, -0.2) is 0 Å². The van der Waals surface area contributed by atoms with Crippen LogP contribution in [-0.2, 0) is 16.2 Å². The van der Waals surface area contributed by atoms with E-state index in [1.165, 1.54) is 6.07 Å². The standard InChI is InChI=1S/C11H12BrF3O2/c1-2-16-7-17-10-4-3-8(6-12)5-9(10)11(13,14)15/h3-5H,2,6-7H2,1H3. The zero-order valence-corrected chi connectivity index (χ0v) is 10.8. The summed E-state index contributed by atoms with van der Waals surface area (Å²) in [4.78, 5) is 0. The summed E-state index contributed by atoms with van der Waals surface area (Å²) in [6.45, 7) is 1.94. The average Bonchev–Trinajstić information content (AvgIpc) is 2.28. The summed E-state index contributed by atoms with van der Waals surface area (Å²) in [5.41, 5.74) is -0.241. The molecule has 2 nitrogen and oxygen atoms in total. The Kier molecular flexibility index (Phi) is 5.27. The lowest BCUT2D eigenvalue weighted by Gasteiger charge is -2.14. The molecule has 0 aliphatic carbocycles. The van der Waals surface area contributed by atoms with Crippen molar-refractivity contribution in [3.8, 4) is 5.75 Å². The smallest absolute Gasteiger partial charge is 0.419 e. The topological polar surface area (TPSA) is 18.5 Å². The average molecular weight is 313 g/mol. The van der Waals surface area contributed by atoms with Crippen LogP contribution in [0.25, 0.3) is 0 Å². The summed E-state index contributed by atoms with van der Waals surface area (Å²) in [7, 11) is 0. The zero-order valence-electron chi connectivity index (χ0n) is 9.18. The molecular weight excluding hydrogens is 301 g/mol. The van der Waals surface area contributed by atoms with Crippen LogP contribution in [0, 0.1) is 0 Å². The van der Waals surface area contributed by atoms with Crippen molar-refractivity contribution in [2.45, 2.75) is 18.4 Å². The summed E-state index contributed by atoms with van der Waals surface area (Å²) < 4.78 is 48.0. The molecule has 1 rings (SSSR count). The van der Waals surface area contributed by atoms with Gasteiger partial charge in [-0.05, 0) is 24.6 Å². The van der Waals surface area contributed by atoms with Crippen LogP contribution in [0.4, 0.5) is 13.2 Å². The van der Waals surface area contributed by atoms with Gasteiger partial charge in [-0.1, -0.05) is 22.0 Å². The fourth-order valence-electron chi connectivity index (χ4n) is 1.20. The van der Waals surface area contributed by atoms with Gasteiger partial charge in [0.1, 0.15) is 5.75 Å². The van der Waals surface area contributed by atoms with E-state index in [0.29, 0.717) is 17.5 Å². The van der Waals surface area contributed by atoms with E-state index in [9.17, 15) is 13.2 Å². The maximum Gasteiger partial charge on any atom is 0.419 e. The van der Waals surface area contributed by atoms with Crippen LogP contribution in [-0.4, -0.2) is 13.4 Å². The summed E-state index contributed by atoms with van der Waals surface area (Å²) in [5.74, 6) is -0.212. The Labute approximate surface area is 106 Å². The normalized spacial score (nSPS) is 11.6. The minimum Gasteiger partial charge on any atom is -0.467 e. The van der Waals surface area contributed by atoms with Crippen LogP contribution in [0.3, 0.4) is 0 Å². The fraction of sp³-hybridized carbons (Fsp3) is 0.455. The first-order valence-electron chi connectivity index (χ1n) is 4.95. The molecule has 1 aromatic rings. The van der Waals surface area contributed by atoms with Gasteiger partial charge in [0, 0.05) is 11.9 Å². The molecule has 0 bridgehead atoms. The number of ether oxygens (including phenoxy) is 2. The Morgan fingerprint density at radius 3 is 2.53 bits per heavy atom. The first-order chi connectivity index (χ1) is 7.99. The second-order valence-electron chi connectivity index (χ2n) is 3.22. The van der Waals surface area contributed by atoms with Crippen LogP contribution < -0.4 is 4.74 Å². The van der Waals surface area contributed by atoms with Crippen LogP contribution in [0.5, 0.6) is 5.75 Å². The van der Waals surface area contributed by atoms with Gasteiger partial charge in [0.2, 0.25) is 0 Å². The molecule has 1 aromatic carbocycles. The Hall–Kier alpha value is -0.750. The molecule has 0 N–H and O–H groups in total. The Bertz CT molecular complexity index is 366. The minimum absolute atomic E-state index is 0.187. The van der Waals surface area contributed by atoms with Crippen LogP contribution in [0.1, 0.15) is 18.1 Å². The Morgan fingerprint density at radius 1 is 1.29 bits per heavy atom. The Morgan fingerprint density at radius 2 is 2.00 bits per heavy atom. The van der Waals surface area contributed by atoms with E-state index < -0.39 is 11.7 Å². The number of hydrogen-bond donors (Lipinski definition) is 0. The molecule has 0 spiro atoms. The van der Waals surface area contributed by atoms with Gasteiger partial charge in [-0.15, -0.1) is 0 Å². The zero-order chi connectivity index (χ0) is 12.9. The highest BCUT2D eigenvalue weighted by Crippen LogP contribution is 2.37. The third kappa shape index (κ3) is 4.20. The first kappa shape index (κ1) is 14.3. The van der Waals surface area contributed by atoms with Crippen molar-refractivity contribution < 1.29 is 22.6 Å². The van der Waals surface area contributed by atoms with Gasteiger partial charge < -0.3 is 9.47 Å². The number of halogens is 4. The molecule has 0 atom stereocenters. The molecule has 0 heterocycles. The van der Waals surface area contributed by atoms with E-state index in [0.717, 1.165) is 6.07 Å². The molecule has 17 heavy (non-hydrogen) atoms. The van der Waals surface area contributed by atoms with E-state index in [2.05, 4.69) is 15.9 Å². The summed E-state index contributed by atoms with van der Waals surface area (Å²) in [6.07, 6.45) is -4.43. The quantitative estimate of drug-likeness (QED) is 0.465. The number of benzene rings is 1. The summed E-state index contributed by atoms with van der Waals surface area (Å²) in [5, 5.41) is 0.363. The number of rotatable bonds is 5. The predicted octanol–water partition coefficient (Wildman–Crippen LogP) is 3.97. The van der Waals surface area contributed by atoms with Crippen molar-refractivity contribution in [3.05, 3.63) is 29.3 Å². The molecule has 0 aromatic heterocycles. The van der Waals surface area contributed by atoms with Gasteiger partial charge >= 0.3 is 6.18 Å². The van der Waals surface area contributed by atoms with E-state index in [-0.39, 0.29) is 12.5 Å². The molecule has 96 valence electrons. The van der Waals surface area contributed by atoms with Gasteiger partial charge in [0.25, 0.3) is 0 Å². The van der Waals surface area contributed by atoms with Gasteiger partial charge in [-0.2, -0.15) is 13.2 Å². The van der Waals surface area contributed by atoms with Crippen molar-refractivity contribution in [2.24, 2.45) is 0 Å². The van der Waals surface area contributed by atoms with Crippen molar-refractivity contribution in [2.75, 3.05) is 13.4 Å². The number of alkyl halides is 4. The van der Waals surface area contributed by atoms with Crippen molar-refractivity contribution >= 4 is 15.9 Å². The van der Waals surface area contributed by atoms with Crippen molar-refractivity contribution in [1.29, 1.82) is 0 Å². The molecule has 0 fully saturated rings. The van der Waals surface area contributed by atoms with Crippen LogP contribution >= 0.6 is 15.9 Å². The molecule has 0 saturated heterocycles. The largest absolute Gasteiger partial charge is 0.467 e. The van der Waals surface area contributed by atoms with Crippen LogP contribution in [0.2, 0.25) is 0 Å². The maximum absolute atomic E-state index is 12.7. The lowest BCUT2D eigenvalue weighted by atomic mass is 10.1. The molecule has 0 aliphatic rings. The van der Waals surface area contributed by atoms with Crippen molar-refractivity contribution in [1.82, 2.24) is 0 Å². The van der Waals surface area contributed by atoms with E-state index in [1.54, 1.807) is 13.0 Å². The second kappa shape index (κ2) is 6.26. The third-order valence-electron chi connectivity index (χ3n) is 2.01. The molecule has 0 aliphatic heterocycles. The van der Waals surface area contributed by atoms with Gasteiger partial charge in [0.15, 0.2) is 6.79 Å². The predicted molar refractivity (Wildman–Crippen MR) is 61.2 cm³/mol.